The Hall–Kier alpha value is -2.59. The largest absolute Gasteiger partial charge is 0.493 e. The van der Waals surface area contributed by atoms with Crippen LogP contribution in [0.5, 0.6) is 5.75 Å². The first kappa shape index (κ1) is 25.0. The lowest BCUT2D eigenvalue weighted by Crippen LogP contribution is -2.48. The normalized spacial score (nSPS) is 20.4. The lowest BCUT2D eigenvalue weighted by atomic mass is 9.73. The van der Waals surface area contributed by atoms with E-state index in [0.29, 0.717) is 18.6 Å². The maximum Gasteiger partial charge on any atom is 0.254 e. The number of benzene rings is 2. The summed E-state index contributed by atoms with van der Waals surface area (Å²) in [6.45, 7) is 13.8. The van der Waals surface area contributed by atoms with Crippen LogP contribution in [0, 0.1) is 5.92 Å². The number of carbonyl (C=O) groups excluding carboxylic acids is 1. The van der Waals surface area contributed by atoms with Gasteiger partial charge in [-0.15, -0.1) is 0 Å². The van der Waals surface area contributed by atoms with E-state index in [0.717, 1.165) is 24.2 Å². The number of hydrogen-bond donors (Lipinski definition) is 2. The Morgan fingerprint density at radius 1 is 1.06 bits per heavy atom. The number of nitrogens with two attached hydrogens (primary N) is 1. The number of carbonyl (C=O) groups is 1. The van der Waals surface area contributed by atoms with Crippen molar-refractivity contribution in [3.8, 4) is 5.75 Å². The lowest BCUT2D eigenvalue weighted by molar-refractivity contribution is -0.142. The van der Waals surface area contributed by atoms with E-state index in [-0.39, 0.29) is 10.8 Å². The van der Waals surface area contributed by atoms with Crippen molar-refractivity contribution >= 4 is 12.0 Å². The van der Waals surface area contributed by atoms with Crippen LogP contribution >= 0.6 is 0 Å². The molecule has 2 atom stereocenters. The van der Waals surface area contributed by atoms with Crippen molar-refractivity contribution in [3.05, 3.63) is 70.8 Å². The van der Waals surface area contributed by atoms with Gasteiger partial charge >= 0.3 is 0 Å². The third-order valence-electron chi connectivity index (χ3n) is 7.74. The van der Waals surface area contributed by atoms with Crippen LogP contribution in [0.2, 0.25) is 0 Å². The highest BCUT2D eigenvalue weighted by molar-refractivity contribution is 5.88. The fourth-order valence-corrected chi connectivity index (χ4v) is 4.46. The molecule has 2 unspecified atom stereocenters. The SMILES string of the molecule is CCC(C)(C)c1ccc(OCCC2C=Cc3ccccc3C2(O)C(N)=O)c(C(C)(C)CC)c1. The summed E-state index contributed by atoms with van der Waals surface area (Å²) in [5.74, 6) is -0.325. The van der Waals surface area contributed by atoms with Gasteiger partial charge < -0.3 is 15.6 Å². The second-order valence-corrected chi connectivity index (χ2v) is 10.5. The van der Waals surface area contributed by atoms with Crippen molar-refractivity contribution in [2.75, 3.05) is 6.61 Å². The average molecular weight is 450 g/mol. The lowest BCUT2D eigenvalue weighted by Gasteiger charge is -2.36. The molecule has 1 aliphatic carbocycles. The Bertz CT molecular complexity index is 1040. The average Bonchev–Trinajstić information content (AvgIpc) is 2.80. The highest BCUT2D eigenvalue weighted by atomic mass is 16.5. The van der Waals surface area contributed by atoms with Crippen molar-refractivity contribution in [1.29, 1.82) is 0 Å². The van der Waals surface area contributed by atoms with E-state index in [1.807, 2.05) is 30.4 Å². The van der Waals surface area contributed by atoms with Crippen LogP contribution < -0.4 is 10.5 Å². The van der Waals surface area contributed by atoms with Gasteiger partial charge in [-0.3, -0.25) is 4.79 Å². The van der Waals surface area contributed by atoms with E-state index in [1.165, 1.54) is 11.1 Å². The molecule has 4 nitrogen and oxygen atoms in total. The zero-order chi connectivity index (χ0) is 24.4. The van der Waals surface area contributed by atoms with Gasteiger partial charge in [0, 0.05) is 17.0 Å². The van der Waals surface area contributed by atoms with Gasteiger partial charge in [-0.2, -0.15) is 0 Å². The molecule has 1 amide bonds. The molecule has 0 heterocycles. The van der Waals surface area contributed by atoms with E-state index in [9.17, 15) is 9.90 Å². The minimum atomic E-state index is -1.74. The summed E-state index contributed by atoms with van der Waals surface area (Å²) in [6, 6.07) is 13.9. The minimum Gasteiger partial charge on any atom is -0.493 e. The number of fused-ring (bicyclic) bond motifs is 1. The van der Waals surface area contributed by atoms with Crippen molar-refractivity contribution < 1.29 is 14.6 Å². The van der Waals surface area contributed by atoms with Gasteiger partial charge in [0.05, 0.1) is 6.61 Å². The first-order valence-electron chi connectivity index (χ1n) is 12.0. The van der Waals surface area contributed by atoms with Gasteiger partial charge in [-0.05, 0) is 47.3 Å². The van der Waals surface area contributed by atoms with Crippen LogP contribution in [0.25, 0.3) is 6.08 Å². The molecular formula is C29H39NO3. The smallest absolute Gasteiger partial charge is 0.254 e. The molecule has 0 bridgehead atoms. The predicted octanol–water partition coefficient (Wildman–Crippen LogP) is 5.85. The van der Waals surface area contributed by atoms with Crippen molar-refractivity contribution in [2.24, 2.45) is 11.7 Å². The molecule has 0 aliphatic heterocycles. The van der Waals surface area contributed by atoms with Gasteiger partial charge in [-0.1, -0.05) is 90.1 Å². The van der Waals surface area contributed by atoms with Gasteiger partial charge in [0.2, 0.25) is 0 Å². The maximum atomic E-state index is 12.4. The fraction of sp³-hybridized carbons (Fsp3) is 0.483. The van der Waals surface area contributed by atoms with Gasteiger partial charge in [0.1, 0.15) is 5.75 Å². The molecular weight excluding hydrogens is 410 g/mol. The van der Waals surface area contributed by atoms with Crippen LogP contribution in [-0.4, -0.2) is 17.6 Å². The van der Waals surface area contributed by atoms with E-state index >= 15 is 0 Å². The Balaban J connectivity index is 1.85. The van der Waals surface area contributed by atoms with E-state index in [2.05, 4.69) is 59.7 Å². The molecule has 33 heavy (non-hydrogen) atoms. The molecule has 0 saturated carbocycles. The van der Waals surface area contributed by atoms with Crippen LogP contribution in [0.3, 0.4) is 0 Å². The minimum absolute atomic E-state index is 0.0349. The maximum absolute atomic E-state index is 12.4. The molecule has 1 aliphatic rings. The van der Waals surface area contributed by atoms with Crippen molar-refractivity contribution in [1.82, 2.24) is 0 Å². The van der Waals surface area contributed by atoms with Gasteiger partial charge in [0.25, 0.3) is 5.91 Å². The highest BCUT2D eigenvalue weighted by Crippen LogP contribution is 2.41. The summed E-state index contributed by atoms with van der Waals surface area (Å²) in [7, 11) is 0. The van der Waals surface area contributed by atoms with Gasteiger partial charge in [-0.25, -0.2) is 0 Å². The van der Waals surface area contributed by atoms with E-state index in [4.69, 9.17) is 10.5 Å². The number of hydrogen-bond acceptors (Lipinski definition) is 3. The monoisotopic (exact) mass is 449 g/mol. The molecule has 2 aromatic rings. The zero-order valence-electron chi connectivity index (χ0n) is 20.9. The summed E-state index contributed by atoms with van der Waals surface area (Å²) in [6.07, 6.45) is 6.34. The summed E-state index contributed by atoms with van der Waals surface area (Å²) >= 11 is 0. The number of ether oxygens (including phenoxy) is 1. The molecule has 178 valence electrons. The molecule has 0 radical (unpaired) electrons. The van der Waals surface area contributed by atoms with Crippen LogP contribution in [0.1, 0.15) is 83.1 Å². The number of aliphatic hydroxyl groups is 1. The third kappa shape index (κ3) is 4.72. The molecule has 3 rings (SSSR count). The highest BCUT2D eigenvalue weighted by Gasteiger charge is 2.45. The Labute approximate surface area is 198 Å². The molecule has 4 heteroatoms. The van der Waals surface area contributed by atoms with Gasteiger partial charge in [0.15, 0.2) is 5.60 Å². The number of rotatable bonds is 9. The molecule has 2 aromatic carbocycles. The van der Waals surface area contributed by atoms with Crippen LogP contribution in [-0.2, 0) is 21.2 Å². The van der Waals surface area contributed by atoms with Crippen LogP contribution in [0.4, 0.5) is 0 Å². The topological polar surface area (TPSA) is 72.6 Å². The summed E-state index contributed by atoms with van der Waals surface area (Å²) in [5, 5.41) is 11.4. The second-order valence-electron chi connectivity index (χ2n) is 10.5. The van der Waals surface area contributed by atoms with Crippen molar-refractivity contribution in [3.63, 3.8) is 0 Å². The van der Waals surface area contributed by atoms with Crippen LogP contribution in [0.15, 0.2) is 48.5 Å². The predicted molar refractivity (Wildman–Crippen MR) is 135 cm³/mol. The first-order valence-corrected chi connectivity index (χ1v) is 12.0. The molecule has 3 N–H and O–H groups in total. The molecule has 0 aromatic heterocycles. The third-order valence-corrected chi connectivity index (χ3v) is 7.74. The standard InChI is InChI=1S/C29H39NO3/c1-7-27(3,4)22-15-16-25(24(19-22)28(5,6)8-2)33-18-17-21-14-13-20-11-9-10-12-23(20)29(21,32)26(30)31/h9-16,19,21,32H,7-8,17-18H2,1-6H3,(H2,30,31). The van der Waals surface area contributed by atoms with E-state index < -0.39 is 17.4 Å². The summed E-state index contributed by atoms with van der Waals surface area (Å²) in [5.41, 5.74) is 7.89. The van der Waals surface area contributed by atoms with Crippen molar-refractivity contribution in [2.45, 2.75) is 77.2 Å². The quantitative estimate of drug-likeness (QED) is 0.505. The Morgan fingerprint density at radius 3 is 2.36 bits per heavy atom. The Morgan fingerprint density at radius 2 is 1.73 bits per heavy atom. The molecule has 0 spiro atoms. The summed E-state index contributed by atoms with van der Waals surface area (Å²) < 4.78 is 6.29. The Kier molecular flexibility index (Phi) is 7.09. The zero-order valence-corrected chi connectivity index (χ0v) is 20.9. The molecule has 0 saturated heterocycles. The molecule has 0 fully saturated rings. The number of primary amides is 1. The fourth-order valence-electron chi connectivity index (χ4n) is 4.46. The first-order chi connectivity index (χ1) is 15.5. The van der Waals surface area contributed by atoms with E-state index in [1.54, 1.807) is 6.07 Å². The number of amides is 1. The second kappa shape index (κ2) is 9.34. The summed E-state index contributed by atoms with van der Waals surface area (Å²) in [4.78, 5) is 12.4.